The summed E-state index contributed by atoms with van der Waals surface area (Å²) in [6.07, 6.45) is 5.87. The zero-order chi connectivity index (χ0) is 31.5. The van der Waals surface area contributed by atoms with Gasteiger partial charge >= 0.3 is 0 Å². The molecule has 5 heterocycles. The maximum absolute atomic E-state index is 12.1. The van der Waals surface area contributed by atoms with Gasteiger partial charge in [0, 0.05) is 55.6 Å². The summed E-state index contributed by atoms with van der Waals surface area (Å²) in [5, 5.41) is 25.0. The molecule has 1 spiro atoms. The van der Waals surface area contributed by atoms with Crippen molar-refractivity contribution in [2.24, 2.45) is 5.41 Å². The van der Waals surface area contributed by atoms with Gasteiger partial charge in [-0.15, -0.1) is 0 Å². The summed E-state index contributed by atoms with van der Waals surface area (Å²) >= 11 is 7.13. The minimum absolute atomic E-state index is 0.0239. The van der Waals surface area contributed by atoms with Gasteiger partial charge in [-0.1, -0.05) is 25.1 Å². The van der Waals surface area contributed by atoms with E-state index in [1.807, 2.05) is 22.6 Å². The second kappa shape index (κ2) is 11.4. The highest BCUT2D eigenvalue weighted by atomic mass is 35.5. The van der Waals surface area contributed by atoms with E-state index >= 15 is 0 Å². The van der Waals surface area contributed by atoms with Crippen molar-refractivity contribution in [1.29, 1.82) is 5.26 Å². The monoisotopic (exact) mass is 632 g/mol. The van der Waals surface area contributed by atoms with Crippen molar-refractivity contribution < 1.29 is 14.3 Å². The van der Waals surface area contributed by atoms with Crippen molar-refractivity contribution >= 4 is 34.2 Å². The number of fused-ring (bicyclic) bond motifs is 1. The molecule has 12 heteroatoms. The Labute approximate surface area is 268 Å². The number of halogens is 1. The fourth-order valence-corrected chi connectivity index (χ4v) is 8.24. The summed E-state index contributed by atoms with van der Waals surface area (Å²) in [7, 11) is 0. The van der Waals surface area contributed by atoms with Crippen LogP contribution in [-0.2, 0) is 14.3 Å². The van der Waals surface area contributed by atoms with Crippen molar-refractivity contribution in [2.45, 2.75) is 57.7 Å². The van der Waals surface area contributed by atoms with Gasteiger partial charge in [-0.05, 0) is 50.8 Å². The van der Waals surface area contributed by atoms with E-state index in [4.69, 9.17) is 26.2 Å². The number of anilines is 1. The molecule has 11 nitrogen and oxygen atoms in total. The van der Waals surface area contributed by atoms with Gasteiger partial charge in [0.1, 0.15) is 11.8 Å². The summed E-state index contributed by atoms with van der Waals surface area (Å²) < 4.78 is 13.6. The molecule has 1 saturated carbocycles. The number of carbonyl (C=O) groups is 1. The number of hydrogen-bond donors (Lipinski definition) is 1. The lowest BCUT2D eigenvalue weighted by Gasteiger charge is -2.58. The molecule has 1 N–H and O–H groups in total. The predicted molar refractivity (Wildman–Crippen MR) is 172 cm³/mol. The first-order valence-corrected chi connectivity index (χ1v) is 16.3. The summed E-state index contributed by atoms with van der Waals surface area (Å²) in [6.45, 7) is 16.7. The average Bonchev–Trinajstić information content (AvgIpc) is 3.61. The highest BCUT2D eigenvalue weighted by molar-refractivity contribution is 6.36. The number of nitriles is 1. The Morgan fingerprint density at radius 3 is 2.76 bits per heavy atom. The van der Waals surface area contributed by atoms with Crippen LogP contribution in [0.3, 0.4) is 0 Å². The molecule has 2 aromatic heterocycles. The van der Waals surface area contributed by atoms with E-state index in [0.717, 1.165) is 91.9 Å². The molecular weight excluding hydrogens is 592 g/mol. The van der Waals surface area contributed by atoms with Crippen molar-refractivity contribution in [1.82, 2.24) is 29.8 Å². The molecule has 238 valence electrons. The normalized spacial score (nSPS) is 25.3. The number of piperazine rings is 1. The Morgan fingerprint density at radius 1 is 1.27 bits per heavy atom. The third-order valence-corrected chi connectivity index (χ3v) is 11.0. The minimum atomic E-state index is -0.249. The first-order valence-electron chi connectivity index (χ1n) is 15.9. The van der Waals surface area contributed by atoms with Crippen molar-refractivity contribution in [2.75, 3.05) is 64.0 Å². The number of ether oxygens (including phenoxy) is 2. The van der Waals surface area contributed by atoms with E-state index in [-0.39, 0.29) is 29.0 Å². The fourth-order valence-electron chi connectivity index (χ4n) is 7.98. The molecule has 3 saturated heterocycles. The Hall–Kier alpha value is -3.43. The third kappa shape index (κ3) is 5.03. The summed E-state index contributed by atoms with van der Waals surface area (Å²) in [5.74, 6) is 0.769. The number of aryl methyl sites for hydroxylation is 1. The molecular formula is C33H41ClN8O3. The number of benzene rings is 1. The van der Waals surface area contributed by atoms with Crippen LogP contribution in [-0.4, -0.2) is 106 Å². The number of hydrogen-bond acceptors (Lipinski definition) is 8. The first kappa shape index (κ1) is 30.2. The molecule has 0 bridgehead atoms. The van der Waals surface area contributed by atoms with Crippen molar-refractivity contribution in [3.8, 4) is 17.2 Å². The van der Waals surface area contributed by atoms with Gasteiger partial charge in [-0.2, -0.15) is 15.5 Å². The van der Waals surface area contributed by atoms with E-state index in [9.17, 15) is 10.1 Å². The molecule has 0 unspecified atom stereocenters. The minimum Gasteiger partial charge on any atom is -0.376 e. The molecule has 3 aliphatic heterocycles. The van der Waals surface area contributed by atoms with Crippen LogP contribution in [0.25, 0.3) is 22.0 Å². The summed E-state index contributed by atoms with van der Waals surface area (Å²) in [6, 6.07) is 4.61. The maximum Gasteiger partial charge on any atom is 0.245 e. The van der Waals surface area contributed by atoms with Gasteiger partial charge in [0.05, 0.1) is 59.8 Å². The highest BCUT2D eigenvalue weighted by Crippen LogP contribution is 2.56. The van der Waals surface area contributed by atoms with Crippen LogP contribution in [0, 0.1) is 23.7 Å². The number of aromatic amines is 1. The molecule has 7 rings (SSSR count). The van der Waals surface area contributed by atoms with Crippen LogP contribution >= 0.6 is 11.6 Å². The van der Waals surface area contributed by atoms with Crippen LogP contribution < -0.4 is 4.90 Å². The van der Waals surface area contributed by atoms with Crippen LogP contribution in [0.4, 0.5) is 5.82 Å². The third-order valence-electron chi connectivity index (χ3n) is 10.6. The van der Waals surface area contributed by atoms with Gasteiger partial charge in [-0.3, -0.25) is 14.8 Å². The lowest BCUT2D eigenvalue weighted by molar-refractivity contribution is -0.149. The number of rotatable bonds is 7. The largest absolute Gasteiger partial charge is 0.376 e. The number of nitrogens with zero attached hydrogens (tertiary/aromatic N) is 7. The number of amides is 1. The van der Waals surface area contributed by atoms with Crippen LogP contribution in [0.15, 0.2) is 24.9 Å². The Balaban J connectivity index is 1.28. The zero-order valence-corrected chi connectivity index (χ0v) is 27.1. The number of nitrogens with one attached hydrogen (secondary N) is 1. The zero-order valence-electron chi connectivity index (χ0n) is 26.3. The van der Waals surface area contributed by atoms with Gasteiger partial charge in [0.2, 0.25) is 5.91 Å². The molecule has 4 aliphatic rings. The number of H-pyrrole nitrogens is 1. The molecule has 4 fully saturated rings. The summed E-state index contributed by atoms with van der Waals surface area (Å²) in [5.41, 5.74) is 3.70. The van der Waals surface area contributed by atoms with Crippen LogP contribution in [0.5, 0.6) is 0 Å². The first-order chi connectivity index (χ1) is 21.7. The number of likely N-dealkylation sites (tertiary alicyclic amines) is 1. The van der Waals surface area contributed by atoms with Crippen molar-refractivity contribution in [3.63, 3.8) is 0 Å². The molecule has 45 heavy (non-hydrogen) atoms. The highest BCUT2D eigenvalue weighted by Gasteiger charge is 2.55. The standard InChI is InChI=1S/C33H41ClN8O3/c1-5-27(43)40-19-33(20-40)12-22(13-33)42-26(14-35)29(28-24-15-36-37-25(24)11-21(3)30(28)34)31(38-42)41-8-7-39(18-32(41,4)6-2)16-23-17-44-9-10-45-23/h5,11,15,22-23H,1,6-10,12-13,16-20H2,2-4H3,(H,36,37)/t23-,32+/m1/s1. The van der Waals surface area contributed by atoms with Crippen LogP contribution in [0.1, 0.15) is 50.4 Å². The van der Waals surface area contributed by atoms with Crippen molar-refractivity contribution in [3.05, 3.63) is 41.2 Å². The topological polar surface area (TPSA) is 116 Å². The van der Waals surface area contributed by atoms with E-state index in [0.29, 0.717) is 30.5 Å². The Bertz CT molecular complexity index is 1670. The van der Waals surface area contributed by atoms with Gasteiger partial charge in [0.15, 0.2) is 5.82 Å². The van der Waals surface area contributed by atoms with E-state index < -0.39 is 0 Å². The van der Waals surface area contributed by atoms with E-state index in [1.54, 1.807) is 6.20 Å². The summed E-state index contributed by atoms with van der Waals surface area (Å²) in [4.78, 5) is 18.8. The van der Waals surface area contributed by atoms with Gasteiger partial charge in [0.25, 0.3) is 0 Å². The molecule has 1 aliphatic carbocycles. The molecule has 2 atom stereocenters. The Morgan fingerprint density at radius 2 is 2.07 bits per heavy atom. The van der Waals surface area contributed by atoms with Gasteiger partial charge < -0.3 is 19.3 Å². The Kier molecular flexibility index (Phi) is 7.68. The molecule has 3 aromatic rings. The van der Waals surface area contributed by atoms with E-state index in [1.165, 1.54) is 6.08 Å². The average molecular weight is 633 g/mol. The second-order valence-electron chi connectivity index (χ2n) is 13.6. The lowest BCUT2D eigenvalue weighted by Crippen LogP contribution is -2.63. The quantitative estimate of drug-likeness (QED) is 0.383. The number of aromatic nitrogens is 4. The predicted octanol–water partition coefficient (Wildman–Crippen LogP) is 4.32. The van der Waals surface area contributed by atoms with Crippen LogP contribution in [0.2, 0.25) is 5.02 Å². The lowest BCUT2D eigenvalue weighted by atomic mass is 9.60. The SMILES string of the molecule is C=CC(=O)N1CC2(CC(n3nc(N4CCN(C[C@@H]5COCCO5)C[C@]4(C)CC)c(-c4c(Cl)c(C)cc5[nH]ncc45)c3C#N)C2)C1. The molecule has 1 amide bonds. The number of carbonyl (C=O) groups excluding carboxylic acids is 1. The molecule has 1 aromatic carbocycles. The maximum atomic E-state index is 12.1. The van der Waals surface area contributed by atoms with Gasteiger partial charge in [-0.25, -0.2) is 4.68 Å². The second-order valence-corrected chi connectivity index (χ2v) is 14.0. The fraction of sp³-hybridized carbons (Fsp3) is 0.576. The smallest absolute Gasteiger partial charge is 0.245 e. The molecule has 0 radical (unpaired) electrons. The van der Waals surface area contributed by atoms with E-state index in [2.05, 4.69) is 46.5 Å².